The number of benzene rings is 5. The van der Waals surface area contributed by atoms with Crippen molar-refractivity contribution in [2.45, 2.75) is 47.0 Å². The fourth-order valence-electron chi connectivity index (χ4n) is 7.77. The van der Waals surface area contributed by atoms with E-state index in [2.05, 4.69) is 154 Å². The standard InChI is InChI=1S/C45H38N4O/c1-27-21-28(2)42(29(3)22-27)39-26-48-40-15-8-7-13-35(40)34-19-17-33(25-38(34)44(48)47-39)50-32-12-9-11-31(24-32)49-41-23-30(45(4,5)6)16-18-36(41)37-14-10-20-46-43(37)49/h7-26H,1-6H3. The second-order valence-electron chi connectivity index (χ2n) is 14.6. The molecule has 0 radical (unpaired) electrons. The molecule has 0 N–H and O–H groups in total. The molecular formula is C45H38N4O. The largest absolute Gasteiger partial charge is 0.457 e. The zero-order chi connectivity index (χ0) is 34.3. The highest BCUT2D eigenvalue weighted by molar-refractivity contribution is 6.12. The third kappa shape index (κ3) is 4.76. The summed E-state index contributed by atoms with van der Waals surface area (Å²) < 4.78 is 11.1. The van der Waals surface area contributed by atoms with E-state index in [0.717, 1.165) is 61.4 Å². The van der Waals surface area contributed by atoms with Gasteiger partial charge in [0.05, 0.1) is 22.4 Å². The minimum atomic E-state index is 0.0219. The van der Waals surface area contributed by atoms with Crippen LogP contribution in [0.1, 0.15) is 43.0 Å². The number of para-hydroxylation sites is 1. The van der Waals surface area contributed by atoms with Crippen molar-refractivity contribution in [3.8, 4) is 28.4 Å². The highest BCUT2D eigenvalue weighted by Crippen LogP contribution is 2.38. The Labute approximate surface area is 291 Å². The Kier molecular flexibility index (Phi) is 6.66. The van der Waals surface area contributed by atoms with Gasteiger partial charge in [0.2, 0.25) is 0 Å². The van der Waals surface area contributed by atoms with Gasteiger partial charge in [0.25, 0.3) is 0 Å². The van der Waals surface area contributed by atoms with Crippen LogP contribution in [0.15, 0.2) is 122 Å². The second kappa shape index (κ2) is 11.0. The molecule has 0 saturated carbocycles. The molecule has 9 aromatic rings. The van der Waals surface area contributed by atoms with Crippen LogP contribution >= 0.6 is 0 Å². The number of imidazole rings is 1. The number of pyridine rings is 2. The minimum absolute atomic E-state index is 0.0219. The summed E-state index contributed by atoms with van der Waals surface area (Å²) in [6.07, 6.45) is 4.05. The molecule has 0 unspecified atom stereocenters. The molecule has 0 saturated heterocycles. The topological polar surface area (TPSA) is 44.4 Å². The van der Waals surface area contributed by atoms with E-state index in [1.165, 1.54) is 38.6 Å². The lowest BCUT2D eigenvalue weighted by Gasteiger charge is -2.19. The molecule has 0 fully saturated rings. The van der Waals surface area contributed by atoms with Crippen molar-refractivity contribution in [1.82, 2.24) is 18.9 Å². The van der Waals surface area contributed by atoms with E-state index in [1.807, 2.05) is 18.3 Å². The van der Waals surface area contributed by atoms with E-state index in [1.54, 1.807) is 0 Å². The van der Waals surface area contributed by atoms with Gasteiger partial charge in [-0.05, 0) is 103 Å². The normalized spacial score (nSPS) is 12.2. The second-order valence-corrected chi connectivity index (χ2v) is 14.6. The van der Waals surface area contributed by atoms with Gasteiger partial charge >= 0.3 is 0 Å². The smallest absolute Gasteiger partial charge is 0.146 e. The minimum Gasteiger partial charge on any atom is -0.457 e. The molecule has 0 atom stereocenters. The first kappa shape index (κ1) is 30.1. The van der Waals surface area contributed by atoms with Crippen molar-refractivity contribution in [1.29, 1.82) is 0 Å². The quantitative estimate of drug-likeness (QED) is 0.178. The van der Waals surface area contributed by atoms with E-state index in [4.69, 9.17) is 14.7 Å². The molecule has 9 rings (SSSR count). The monoisotopic (exact) mass is 650 g/mol. The van der Waals surface area contributed by atoms with Gasteiger partial charge in [0.15, 0.2) is 0 Å². The van der Waals surface area contributed by atoms with E-state index >= 15 is 0 Å². The number of nitrogens with zero attached hydrogens (tertiary/aromatic N) is 4. The average Bonchev–Trinajstić information content (AvgIpc) is 3.68. The maximum Gasteiger partial charge on any atom is 0.146 e. The summed E-state index contributed by atoms with van der Waals surface area (Å²) >= 11 is 0. The molecule has 4 aromatic heterocycles. The number of rotatable bonds is 4. The van der Waals surface area contributed by atoms with Crippen molar-refractivity contribution in [2.24, 2.45) is 0 Å². The number of hydrogen-bond donors (Lipinski definition) is 0. The number of hydrogen-bond acceptors (Lipinski definition) is 3. The fourth-order valence-corrected chi connectivity index (χ4v) is 7.77. The fraction of sp³-hybridized carbons (Fsp3) is 0.156. The van der Waals surface area contributed by atoms with Gasteiger partial charge in [-0.3, -0.25) is 8.97 Å². The van der Waals surface area contributed by atoms with Crippen LogP contribution in [0.25, 0.3) is 66.2 Å². The van der Waals surface area contributed by atoms with Crippen LogP contribution < -0.4 is 4.74 Å². The van der Waals surface area contributed by atoms with Crippen LogP contribution in [-0.2, 0) is 5.41 Å². The lowest BCUT2D eigenvalue weighted by molar-refractivity contribution is 0.483. The molecule has 4 heterocycles. The maximum atomic E-state index is 6.66. The number of aromatic nitrogens is 4. The molecule has 244 valence electrons. The Morgan fingerprint density at radius 1 is 0.600 bits per heavy atom. The molecule has 0 aliphatic rings. The first-order chi connectivity index (χ1) is 24.1. The van der Waals surface area contributed by atoms with Crippen LogP contribution in [0.4, 0.5) is 0 Å². The van der Waals surface area contributed by atoms with E-state index in [0.29, 0.717) is 0 Å². The predicted octanol–water partition coefficient (Wildman–Crippen LogP) is 11.8. The molecule has 5 heteroatoms. The van der Waals surface area contributed by atoms with Crippen molar-refractivity contribution in [3.05, 3.63) is 144 Å². The summed E-state index contributed by atoms with van der Waals surface area (Å²) in [5.74, 6) is 1.51. The summed E-state index contributed by atoms with van der Waals surface area (Å²) in [5, 5.41) is 5.70. The molecule has 0 bridgehead atoms. The van der Waals surface area contributed by atoms with Gasteiger partial charge < -0.3 is 4.74 Å². The van der Waals surface area contributed by atoms with Crippen molar-refractivity contribution in [2.75, 3.05) is 0 Å². The number of ether oxygens (including phenoxy) is 1. The van der Waals surface area contributed by atoms with Gasteiger partial charge in [-0.25, -0.2) is 9.97 Å². The zero-order valence-electron chi connectivity index (χ0n) is 29.2. The molecule has 0 aliphatic carbocycles. The Bertz CT molecular complexity index is 2790. The van der Waals surface area contributed by atoms with Crippen molar-refractivity contribution < 1.29 is 4.74 Å². The van der Waals surface area contributed by atoms with Crippen LogP contribution in [0, 0.1) is 20.8 Å². The van der Waals surface area contributed by atoms with Crippen molar-refractivity contribution in [3.63, 3.8) is 0 Å². The molecule has 0 spiro atoms. The molecular weight excluding hydrogens is 613 g/mol. The lowest BCUT2D eigenvalue weighted by atomic mass is 9.86. The Morgan fingerprint density at radius 2 is 1.34 bits per heavy atom. The summed E-state index contributed by atoms with van der Waals surface area (Å²) in [7, 11) is 0. The number of fused-ring (bicyclic) bond motifs is 9. The summed E-state index contributed by atoms with van der Waals surface area (Å²) in [6.45, 7) is 13.3. The highest BCUT2D eigenvalue weighted by Gasteiger charge is 2.20. The van der Waals surface area contributed by atoms with Gasteiger partial charge in [-0.1, -0.05) is 74.9 Å². The molecule has 0 aliphatic heterocycles. The summed E-state index contributed by atoms with van der Waals surface area (Å²) in [5.41, 5.74) is 12.3. The lowest BCUT2D eigenvalue weighted by Crippen LogP contribution is -2.10. The molecule has 50 heavy (non-hydrogen) atoms. The van der Waals surface area contributed by atoms with Gasteiger partial charge in [0.1, 0.15) is 22.8 Å². The van der Waals surface area contributed by atoms with Crippen LogP contribution in [0.5, 0.6) is 11.5 Å². The van der Waals surface area contributed by atoms with E-state index in [9.17, 15) is 0 Å². The molecule has 5 aromatic carbocycles. The zero-order valence-corrected chi connectivity index (χ0v) is 29.2. The highest BCUT2D eigenvalue weighted by atomic mass is 16.5. The SMILES string of the molecule is Cc1cc(C)c(-c2cn3c4ccccc4c4ccc(Oc5cccc(-n6c7cc(C(C)(C)C)ccc7c7cccnc76)c5)cc4c3n2)c(C)c1. The van der Waals surface area contributed by atoms with E-state index < -0.39 is 0 Å². The van der Waals surface area contributed by atoms with Crippen LogP contribution in [0.2, 0.25) is 0 Å². The first-order valence-corrected chi connectivity index (χ1v) is 17.2. The van der Waals surface area contributed by atoms with Gasteiger partial charge in [-0.15, -0.1) is 0 Å². The summed E-state index contributed by atoms with van der Waals surface area (Å²) in [6, 6.07) is 38.6. The molecule has 5 nitrogen and oxygen atoms in total. The van der Waals surface area contributed by atoms with Crippen molar-refractivity contribution >= 4 is 49.3 Å². The maximum absolute atomic E-state index is 6.66. The van der Waals surface area contributed by atoms with Gasteiger partial charge in [-0.2, -0.15) is 0 Å². The van der Waals surface area contributed by atoms with E-state index in [-0.39, 0.29) is 5.41 Å². The first-order valence-electron chi connectivity index (χ1n) is 17.2. The Balaban J connectivity index is 1.18. The predicted molar refractivity (Wildman–Crippen MR) is 207 cm³/mol. The third-order valence-corrected chi connectivity index (χ3v) is 10.0. The number of aryl methyl sites for hydroxylation is 3. The Morgan fingerprint density at radius 3 is 2.16 bits per heavy atom. The average molecular weight is 651 g/mol. The van der Waals surface area contributed by atoms with Crippen LogP contribution in [-0.4, -0.2) is 18.9 Å². The van der Waals surface area contributed by atoms with Crippen LogP contribution in [0.3, 0.4) is 0 Å². The summed E-state index contributed by atoms with van der Waals surface area (Å²) in [4.78, 5) is 10.1. The van der Waals surface area contributed by atoms with Gasteiger partial charge in [0, 0.05) is 45.6 Å². The molecule has 0 amide bonds. The third-order valence-electron chi connectivity index (χ3n) is 10.0. The Hall–Kier alpha value is -5.94.